The van der Waals surface area contributed by atoms with E-state index in [1.165, 1.54) is 24.3 Å². The van der Waals surface area contributed by atoms with Gasteiger partial charge in [0.15, 0.2) is 0 Å². The van der Waals surface area contributed by atoms with Gasteiger partial charge in [-0.15, -0.1) is 0 Å². The van der Waals surface area contributed by atoms with E-state index in [4.69, 9.17) is 0 Å². The summed E-state index contributed by atoms with van der Waals surface area (Å²) in [5.41, 5.74) is 3.31. The predicted octanol–water partition coefficient (Wildman–Crippen LogP) is 2.79. The van der Waals surface area contributed by atoms with Crippen LogP contribution in [0.15, 0.2) is 42.5 Å². The predicted molar refractivity (Wildman–Crippen MR) is 86.7 cm³/mol. The van der Waals surface area contributed by atoms with Crippen LogP contribution in [0.5, 0.6) is 0 Å². The average Bonchev–Trinajstić information content (AvgIpc) is 2.99. The summed E-state index contributed by atoms with van der Waals surface area (Å²) < 4.78 is 66.6. The number of hydrogen-bond acceptors (Lipinski definition) is 3. The van der Waals surface area contributed by atoms with Crippen LogP contribution in [0.4, 0.5) is 22.0 Å². The van der Waals surface area contributed by atoms with E-state index in [1.54, 1.807) is 0 Å². The minimum absolute atomic E-state index is 0.0417. The molecule has 6 nitrogen and oxygen atoms in total. The van der Waals surface area contributed by atoms with E-state index in [2.05, 4.69) is 4.98 Å². The van der Waals surface area contributed by atoms with Crippen molar-refractivity contribution in [2.24, 2.45) is 0 Å². The summed E-state index contributed by atoms with van der Waals surface area (Å²) in [6.45, 7) is -0.804. The maximum absolute atomic E-state index is 13.5. The molecule has 1 heterocycles. The average molecular weight is 398 g/mol. The van der Waals surface area contributed by atoms with Gasteiger partial charge in [-0.3, -0.25) is 20.4 Å². The highest BCUT2D eigenvalue weighted by atomic mass is 19.4. The highest BCUT2D eigenvalue weighted by Crippen LogP contribution is 2.31. The zero-order valence-electron chi connectivity index (χ0n) is 13.8. The normalized spacial score (nSPS) is 11.5. The van der Waals surface area contributed by atoms with Crippen molar-refractivity contribution < 1.29 is 31.5 Å². The number of benzene rings is 2. The standard InChI is InChI=1S/C17H11F5N4O2/c18-9-5-6-10(11(19)7-9)15(28)25-24-14(27)8-26-13-4-2-1-3-12(13)23-16(26)17(20,21)22/h1-7H,8H2,(H,24,27)(H,25,28). The van der Waals surface area contributed by atoms with Crippen LogP contribution in [0.25, 0.3) is 11.0 Å². The van der Waals surface area contributed by atoms with Crippen LogP contribution < -0.4 is 10.9 Å². The number of alkyl halides is 3. The van der Waals surface area contributed by atoms with E-state index < -0.39 is 47.6 Å². The number of para-hydroxylation sites is 2. The van der Waals surface area contributed by atoms with Crippen LogP contribution >= 0.6 is 0 Å². The molecule has 1 aromatic heterocycles. The first kappa shape index (κ1) is 19.3. The Kier molecular flexibility index (Phi) is 4.99. The Morgan fingerprint density at radius 2 is 1.75 bits per heavy atom. The number of carbonyl (C=O) groups is 2. The molecule has 0 aliphatic heterocycles. The molecule has 28 heavy (non-hydrogen) atoms. The lowest BCUT2D eigenvalue weighted by molar-refractivity contribution is -0.147. The summed E-state index contributed by atoms with van der Waals surface area (Å²) in [6, 6.07) is 7.87. The van der Waals surface area contributed by atoms with Gasteiger partial charge in [0.05, 0.1) is 16.6 Å². The van der Waals surface area contributed by atoms with Gasteiger partial charge in [0.25, 0.3) is 11.8 Å². The number of amides is 2. The smallest absolute Gasteiger partial charge is 0.311 e. The lowest BCUT2D eigenvalue weighted by atomic mass is 10.2. The maximum atomic E-state index is 13.5. The van der Waals surface area contributed by atoms with Crippen LogP contribution in [0.3, 0.4) is 0 Å². The number of imidazole rings is 1. The summed E-state index contributed by atoms with van der Waals surface area (Å²) in [5.74, 6) is -5.45. The largest absolute Gasteiger partial charge is 0.449 e. The number of hydrazine groups is 1. The molecule has 0 fully saturated rings. The number of nitrogens with zero attached hydrogens (tertiary/aromatic N) is 2. The zero-order valence-corrected chi connectivity index (χ0v) is 13.8. The molecule has 0 atom stereocenters. The zero-order chi connectivity index (χ0) is 20.5. The fourth-order valence-corrected chi connectivity index (χ4v) is 2.50. The monoisotopic (exact) mass is 398 g/mol. The number of carbonyl (C=O) groups excluding carboxylic acids is 2. The van der Waals surface area contributed by atoms with Gasteiger partial charge in [-0.1, -0.05) is 12.1 Å². The van der Waals surface area contributed by atoms with Crippen molar-refractivity contribution in [2.45, 2.75) is 12.7 Å². The van der Waals surface area contributed by atoms with Gasteiger partial charge in [0.2, 0.25) is 5.82 Å². The number of fused-ring (bicyclic) bond motifs is 1. The van der Waals surface area contributed by atoms with Crippen molar-refractivity contribution >= 4 is 22.8 Å². The van der Waals surface area contributed by atoms with E-state index in [9.17, 15) is 31.5 Å². The second-order valence-corrected chi connectivity index (χ2v) is 5.63. The van der Waals surface area contributed by atoms with E-state index in [0.29, 0.717) is 10.6 Å². The molecular formula is C17H11F5N4O2. The third-order valence-corrected chi connectivity index (χ3v) is 3.70. The van der Waals surface area contributed by atoms with E-state index >= 15 is 0 Å². The van der Waals surface area contributed by atoms with E-state index in [1.807, 2.05) is 10.9 Å². The van der Waals surface area contributed by atoms with Crippen LogP contribution in [0.1, 0.15) is 16.2 Å². The Morgan fingerprint density at radius 3 is 2.43 bits per heavy atom. The summed E-state index contributed by atoms with van der Waals surface area (Å²) in [7, 11) is 0. The van der Waals surface area contributed by atoms with Gasteiger partial charge in [-0.25, -0.2) is 13.8 Å². The molecule has 11 heteroatoms. The first-order chi connectivity index (χ1) is 13.2. The molecule has 0 aliphatic rings. The molecule has 0 radical (unpaired) electrons. The number of nitrogens with one attached hydrogen (secondary N) is 2. The minimum Gasteiger partial charge on any atom is -0.311 e. The molecule has 0 aliphatic carbocycles. The molecule has 2 aromatic carbocycles. The van der Waals surface area contributed by atoms with Gasteiger partial charge < -0.3 is 4.57 Å². The summed E-state index contributed by atoms with van der Waals surface area (Å²) in [6.07, 6.45) is -4.81. The molecule has 3 aromatic rings. The Hall–Kier alpha value is -3.50. The molecule has 2 N–H and O–H groups in total. The molecule has 3 rings (SSSR count). The van der Waals surface area contributed by atoms with Gasteiger partial charge >= 0.3 is 6.18 Å². The van der Waals surface area contributed by atoms with Crippen molar-refractivity contribution in [1.82, 2.24) is 20.4 Å². The van der Waals surface area contributed by atoms with Gasteiger partial charge in [-0.2, -0.15) is 13.2 Å². The quantitative estimate of drug-likeness (QED) is 0.526. The third-order valence-electron chi connectivity index (χ3n) is 3.70. The Balaban J connectivity index is 1.76. The van der Waals surface area contributed by atoms with Crippen LogP contribution in [-0.2, 0) is 17.5 Å². The lowest BCUT2D eigenvalue weighted by Gasteiger charge is -2.12. The van der Waals surface area contributed by atoms with E-state index in [-0.39, 0.29) is 11.0 Å². The van der Waals surface area contributed by atoms with Gasteiger partial charge in [-0.05, 0) is 24.3 Å². The van der Waals surface area contributed by atoms with Crippen molar-refractivity contribution in [2.75, 3.05) is 0 Å². The highest BCUT2D eigenvalue weighted by molar-refractivity contribution is 5.95. The SMILES string of the molecule is O=C(Cn1c(C(F)(F)F)nc2ccccc21)NNC(=O)c1ccc(F)cc1F. The van der Waals surface area contributed by atoms with Crippen molar-refractivity contribution in [1.29, 1.82) is 0 Å². The molecule has 0 bridgehead atoms. The topological polar surface area (TPSA) is 76.0 Å². The van der Waals surface area contributed by atoms with Crippen molar-refractivity contribution in [3.05, 3.63) is 65.5 Å². The first-order valence-corrected chi connectivity index (χ1v) is 7.73. The lowest BCUT2D eigenvalue weighted by Crippen LogP contribution is -2.43. The first-order valence-electron chi connectivity index (χ1n) is 7.73. The molecule has 146 valence electrons. The fraction of sp³-hybridized carbons (Fsp3) is 0.118. The molecule has 2 amide bonds. The molecular weight excluding hydrogens is 387 g/mol. The Morgan fingerprint density at radius 1 is 1.04 bits per heavy atom. The Bertz CT molecular complexity index is 1060. The number of rotatable bonds is 3. The third kappa shape index (κ3) is 3.92. The Labute approximate surface area is 153 Å². The van der Waals surface area contributed by atoms with Crippen molar-refractivity contribution in [3.8, 4) is 0 Å². The number of halogens is 5. The number of aromatic nitrogens is 2. The van der Waals surface area contributed by atoms with Gasteiger partial charge in [0.1, 0.15) is 18.2 Å². The molecule has 0 unspecified atom stereocenters. The summed E-state index contributed by atoms with van der Waals surface area (Å²) in [5, 5.41) is 0. The highest BCUT2D eigenvalue weighted by Gasteiger charge is 2.38. The summed E-state index contributed by atoms with van der Waals surface area (Å²) in [4.78, 5) is 27.3. The maximum Gasteiger partial charge on any atom is 0.449 e. The van der Waals surface area contributed by atoms with Crippen molar-refractivity contribution in [3.63, 3.8) is 0 Å². The second-order valence-electron chi connectivity index (χ2n) is 5.63. The van der Waals surface area contributed by atoms with Crippen LogP contribution in [0.2, 0.25) is 0 Å². The molecule has 0 spiro atoms. The molecule has 0 saturated heterocycles. The number of hydrogen-bond donors (Lipinski definition) is 2. The summed E-state index contributed by atoms with van der Waals surface area (Å²) >= 11 is 0. The minimum atomic E-state index is -4.81. The second kappa shape index (κ2) is 7.25. The van der Waals surface area contributed by atoms with Crippen LogP contribution in [-0.4, -0.2) is 21.4 Å². The van der Waals surface area contributed by atoms with Gasteiger partial charge in [0, 0.05) is 6.07 Å². The van der Waals surface area contributed by atoms with Crippen LogP contribution in [0, 0.1) is 11.6 Å². The van der Waals surface area contributed by atoms with E-state index in [0.717, 1.165) is 12.1 Å². The fourth-order valence-electron chi connectivity index (χ4n) is 2.50. The molecule has 0 saturated carbocycles.